The second kappa shape index (κ2) is 6.82. The molecular formula is C15H26N2OS. The number of nitrogens with one attached hydrogen (secondary N) is 1. The first-order valence-corrected chi connectivity index (χ1v) is 8.26. The topological polar surface area (TPSA) is 34.1 Å². The van der Waals surface area contributed by atoms with Gasteiger partial charge in [0, 0.05) is 30.1 Å². The Balaban J connectivity index is 2.14. The molecule has 1 fully saturated rings. The van der Waals surface area contributed by atoms with Crippen molar-refractivity contribution >= 4 is 11.3 Å². The van der Waals surface area contributed by atoms with Crippen LogP contribution in [0.4, 0.5) is 0 Å². The van der Waals surface area contributed by atoms with Crippen LogP contribution in [0, 0.1) is 5.92 Å². The summed E-state index contributed by atoms with van der Waals surface area (Å²) >= 11 is 1.74. The summed E-state index contributed by atoms with van der Waals surface area (Å²) in [5.74, 6) is 0.762. The average molecular weight is 282 g/mol. The van der Waals surface area contributed by atoms with Crippen LogP contribution in [0.1, 0.15) is 44.4 Å². The molecule has 1 aromatic heterocycles. The van der Waals surface area contributed by atoms with E-state index < -0.39 is 0 Å². The van der Waals surface area contributed by atoms with Crippen molar-refractivity contribution in [2.45, 2.75) is 57.6 Å². The van der Waals surface area contributed by atoms with Crippen molar-refractivity contribution in [1.29, 1.82) is 0 Å². The number of hydrogen-bond donors (Lipinski definition) is 1. The van der Waals surface area contributed by atoms with E-state index in [0.717, 1.165) is 18.9 Å². The van der Waals surface area contributed by atoms with Crippen molar-refractivity contribution in [3.05, 3.63) is 16.6 Å². The molecule has 0 aliphatic heterocycles. The Bertz CT molecular complexity index is 364. The van der Waals surface area contributed by atoms with Crippen molar-refractivity contribution in [2.75, 3.05) is 13.7 Å². The molecule has 1 aliphatic rings. The van der Waals surface area contributed by atoms with Gasteiger partial charge in [-0.1, -0.05) is 19.8 Å². The highest BCUT2D eigenvalue weighted by atomic mass is 32.1. The van der Waals surface area contributed by atoms with E-state index in [0.29, 0.717) is 6.04 Å². The fourth-order valence-electron chi connectivity index (χ4n) is 3.47. The average Bonchev–Trinajstić information content (AvgIpc) is 2.89. The van der Waals surface area contributed by atoms with Gasteiger partial charge in [-0.25, -0.2) is 0 Å². The Morgan fingerprint density at radius 3 is 3.05 bits per heavy atom. The number of aromatic nitrogens is 1. The van der Waals surface area contributed by atoms with Crippen molar-refractivity contribution < 1.29 is 4.74 Å². The second-order valence-electron chi connectivity index (χ2n) is 5.71. The minimum atomic E-state index is 0.00512. The highest BCUT2D eigenvalue weighted by Crippen LogP contribution is 2.38. The molecular weight excluding hydrogens is 256 g/mol. The molecule has 1 aliphatic carbocycles. The van der Waals surface area contributed by atoms with Gasteiger partial charge in [-0.2, -0.15) is 0 Å². The summed E-state index contributed by atoms with van der Waals surface area (Å²) < 4.78 is 6.26. The lowest BCUT2D eigenvalue weighted by Crippen LogP contribution is -2.55. The summed E-state index contributed by atoms with van der Waals surface area (Å²) in [6.45, 7) is 5.26. The quantitative estimate of drug-likeness (QED) is 0.869. The Kier molecular flexibility index (Phi) is 5.37. The number of likely N-dealkylation sites (N-methyl/N-ethyl adjacent to an activating group) is 1. The van der Waals surface area contributed by atoms with E-state index in [2.05, 4.69) is 31.2 Å². The van der Waals surface area contributed by atoms with E-state index in [4.69, 9.17) is 4.74 Å². The maximum absolute atomic E-state index is 6.26. The molecule has 108 valence electrons. The molecule has 0 bridgehead atoms. The van der Waals surface area contributed by atoms with Crippen molar-refractivity contribution in [3.8, 4) is 0 Å². The number of thiazole rings is 1. The zero-order valence-corrected chi connectivity index (χ0v) is 13.1. The zero-order valence-electron chi connectivity index (χ0n) is 12.3. The smallest absolute Gasteiger partial charge is 0.0840 e. The van der Waals surface area contributed by atoms with E-state index in [9.17, 15) is 0 Å². The van der Waals surface area contributed by atoms with Gasteiger partial charge in [-0.3, -0.25) is 4.98 Å². The summed E-state index contributed by atoms with van der Waals surface area (Å²) in [4.78, 5) is 5.53. The summed E-state index contributed by atoms with van der Waals surface area (Å²) in [6.07, 6.45) is 7.98. The third-order valence-electron chi connectivity index (χ3n) is 4.29. The van der Waals surface area contributed by atoms with Gasteiger partial charge in [0.1, 0.15) is 0 Å². The maximum Gasteiger partial charge on any atom is 0.0840 e. The molecule has 1 heterocycles. The Morgan fingerprint density at radius 2 is 2.47 bits per heavy atom. The van der Waals surface area contributed by atoms with Crippen LogP contribution in [0.25, 0.3) is 0 Å². The molecule has 3 nitrogen and oxygen atoms in total. The Labute approximate surface area is 120 Å². The standard InChI is InChI=1S/C15H26N2OS/c1-4-18-15(7-5-6-12(2)9-15)14(16-3)8-13-10-17-11-19-13/h10-12,14,16H,4-9H2,1-3H3. The second-order valence-corrected chi connectivity index (χ2v) is 6.68. The van der Waals surface area contributed by atoms with Gasteiger partial charge >= 0.3 is 0 Å². The van der Waals surface area contributed by atoms with E-state index in [1.807, 2.05) is 11.7 Å². The fourth-order valence-corrected chi connectivity index (χ4v) is 4.12. The summed E-state index contributed by atoms with van der Waals surface area (Å²) in [5, 5.41) is 3.51. The summed E-state index contributed by atoms with van der Waals surface area (Å²) in [6, 6.07) is 0.385. The molecule has 0 spiro atoms. The molecule has 1 aromatic rings. The predicted octanol–water partition coefficient (Wildman–Crippen LogP) is 3.26. The van der Waals surface area contributed by atoms with Crippen molar-refractivity contribution in [3.63, 3.8) is 0 Å². The van der Waals surface area contributed by atoms with Gasteiger partial charge in [0.05, 0.1) is 11.1 Å². The molecule has 1 saturated carbocycles. The lowest BCUT2D eigenvalue weighted by molar-refractivity contribution is -0.0986. The number of rotatable bonds is 6. The number of hydrogen-bond acceptors (Lipinski definition) is 4. The van der Waals surface area contributed by atoms with Crippen LogP contribution < -0.4 is 5.32 Å². The minimum absolute atomic E-state index is 0.00512. The molecule has 0 saturated heterocycles. The molecule has 2 rings (SSSR count). The minimum Gasteiger partial charge on any atom is -0.374 e. The molecule has 1 N–H and O–H groups in total. The van der Waals surface area contributed by atoms with Crippen LogP contribution >= 0.6 is 11.3 Å². The maximum atomic E-state index is 6.26. The normalized spacial score (nSPS) is 29.3. The van der Waals surface area contributed by atoms with Crippen LogP contribution in [0.3, 0.4) is 0 Å². The summed E-state index contributed by atoms with van der Waals surface area (Å²) in [5.41, 5.74) is 1.92. The van der Waals surface area contributed by atoms with Gasteiger partial charge < -0.3 is 10.1 Å². The van der Waals surface area contributed by atoms with Gasteiger partial charge in [0.15, 0.2) is 0 Å². The van der Waals surface area contributed by atoms with Gasteiger partial charge in [-0.15, -0.1) is 11.3 Å². The predicted molar refractivity (Wildman–Crippen MR) is 80.7 cm³/mol. The highest BCUT2D eigenvalue weighted by molar-refractivity contribution is 7.09. The van der Waals surface area contributed by atoms with Crippen molar-refractivity contribution in [2.24, 2.45) is 5.92 Å². The van der Waals surface area contributed by atoms with E-state index in [1.165, 1.54) is 30.6 Å². The third-order valence-corrected chi connectivity index (χ3v) is 5.10. The first-order chi connectivity index (χ1) is 9.20. The summed E-state index contributed by atoms with van der Waals surface area (Å²) in [7, 11) is 2.06. The molecule has 3 atom stereocenters. The van der Waals surface area contributed by atoms with E-state index in [1.54, 1.807) is 11.3 Å². The molecule has 3 unspecified atom stereocenters. The first-order valence-electron chi connectivity index (χ1n) is 7.38. The lowest BCUT2D eigenvalue weighted by atomic mass is 9.73. The van der Waals surface area contributed by atoms with Crippen molar-refractivity contribution in [1.82, 2.24) is 10.3 Å². The van der Waals surface area contributed by atoms with Gasteiger partial charge in [0.2, 0.25) is 0 Å². The fraction of sp³-hybridized carbons (Fsp3) is 0.800. The zero-order chi connectivity index (χ0) is 13.7. The van der Waals surface area contributed by atoms with Gasteiger partial charge in [-0.05, 0) is 32.7 Å². The van der Waals surface area contributed by atoms with Crippen LogP contribution in [-0.4, -0.2) is 30.3 Å². The molecule has 4 heteroatoms. The number of ether oxygens (including phenoxy) is 1. The van der Waals surface area contributed by atoms with Crippen LogP contribution in [0.15, 0.2) is 11.7 Å². The Hall–Kier alpha value is -0.450. The lowest BCUT2D eigenvalue weighted by Gasteiger charge is -2.45. The largest absolute Gasteiger partial charge is 0.374 e. The van der Waals surface area contributed by atoms with Gasteiger partial charge in [0.25, 0.3) is 0 Å². The van der Waals surface area contributed by atoms with E-state index in [-0.39, 0.29) is 5.60 Å². The first kappa shape index (κ1) is 14.9. The molecule has 0 radical (unpaired) electrons. The van der Waals surface area contributed by atoms with E-state index >= 15 is 0 Å². The van der Waals surface area contributed by atoms with Crippen LogP contribution in [-0.2, 0) is 11.2 Å². The van der Waals surface area contributed by atoms with Crippen LogP contribution in [0.5, 0.6) is 0 Å². The molecule has 0 amide bonds. The van der Waals surface area contributed by atoms with Crippen LogP contribution in [0.2, 0.25) is 0 Å². The highest BCUT2D eigenvalue weighted by Gasteiger charge is 2.42. The number of nitrogens with zero attached hydrogens (tertiary/aromatic N) is 1. The third kappa shape index (κ3) is 3.56. The monoisotopic (exact) mass is 282 g/mol. The molecule has 19 heavy (non-hydrogen) atoms. The Morgan fingerprint density at radius 1 is 1.63 bits per heavy atom. The SMILES string of the molecule is CCOC1(C(Cc2cncs2)NC)CCCC(C)C1. The molecule has 0 aromatic carbocycles.